The summed E-state index contributed by atoms with van der Waals surface area (Å²) in [6, 6.07) is 9.24. The fraction of sp³-hybridized carbons (Fsp3) is 0.652. The van der Waals surface area contributed by atoms with Gasteiger partial charge in [-0.1, -0.05) is 38.1 Å². The molecule has 1 aromatic rings. The van der Waals surface area contributed by atoms with E-state index < -0.39 is 0 Å². The molecule has 1 heterocycles. The number of rotatable bonds is 5. The first-order chi connectivity index (χ1) is 13.6. The van der Waals surface area contributed by atoms with Crippen LogP contribution in [0.4, 0.5) is 0 Å². The minimum absolute atomic E-state index is 0.0711. The lowest BCUT2D eigenvalue weighted by atomic mass is 9.92. The third-order valence-corrected chi connectivity index (χ3v) is 6.63. The maximum absolute atomic E-state index is 12.2. The number of likely N-dealkylation sites (tertiary alicyclic amines) is 1. The van der Waals surface area contributed by atoms with E-state index in [9.17, 15) is 4.79 Å². The van der Waals surface area contributed by atoms with Crippen LogP contribution in [-0.4, -0.2) is 49.0 Å². The van der Waals surface area contributed by atoms with Crippen LogP contribution in [0.25, 0.3) is 0 Å². The molecule has 1 amide bonds. The van der Waals surface area contributed by atoms with E-state index in [0.29, 0.717) is 17.9 Å². The Morgan fingerprint density at radius 2 is 2.11 bits per heavy atom. The van der Waals surface area contributed by atoms with E-state index in [1.807, 2.05) is 18.7 Å². The normalized spacial score (nSPS) is 28.7. The van der Waals surface area contributed by atoms with E-state index in [1.165, 1.54) is 12.8 Å². The lowest BCUT2D eigenvalue weighted by molar-refractivity contribution is -0.133. The van der Waals surface area contributed by atoms with E-state index in [2.05, 4.69) is 41.8 Å². The van der Waals surface area contributed by atoms with Crippen LogP contribution in [0.5, 0.6) is 0 Å². The molecule has 2 fully saturated rings. The first kappa shape index (κ1) is 19.3. The van der Waals surface area contributed by atoms with Crippen molar-refractivity contribution in [2.24, 2.45) is 22.7 Å². The Labute approximate surface area is 169 Å². The molecule has 1 saturated carbocycles. The van der Waals surface area contributed by atoms with Gasteiger partial charge in [0.1, 0.15) is 0 Å². The van der Waals surface area contributed by atoms with Gasteiger partial charge in [0.2, 0.25) is 5.91 Å². The van der Waals surface area contributed by atoms with Gasteiger partial charge in [-0.3, -0.25) is 9.79 Å². The number of nitrogens with zero attached hydrogens (tertiary/aromatic N) is 2. The van der Waals surface area contributed by atoms with E-state index in [1.54, 1.807) is 11.1 Å². The zero-order valence-corrected chi connectivity index (χ0v) is 17.4. The van der Waals surface area contributed by atoms with Gasteiger partial charge in [-0.05, 0) is 55.1 Å². The fourth-order valence-corrected chi connectivity index (χ4v) is 5.11. The smallest absolute Gasteiger partial charge is 0.225 e. The molecule has 4 atom stereocenters. The second-order valence-electron chi connectivity index (χ2n) is 8.88. The van der Waals surface area contributed by atoms with Crippen LogP contribution in [0, 0.1) is 17.8 Å². The zero-order chi connectivity index (χ0) is 19.7. The van der Waals surface area contributed by atoms with Gasteiger partial charge in [0, 0.05) is 38.1 Å². The monoisotopic (exact) mass is 382 g/mol. The first-order valence-corrected chi connectivity index (χ1v) is 11.0. The molecule has 5 nitrogen and oxygen atoms in total. The average molecular weight is 383 g/mol. The molecular weight excluding hydrogens is 348 g/mol. The van der Waals surface area contributed by atoms with Gasteiger partial charge < -0.3 is 15.5 Å². The molecule has 0 aromatic heterocycles. The zero-order valence-electron chi connectivity index (χ0n) is 17.4. The highest BCUT2D eigenvalue weighted by molar-refractivity contribution is 5.81. The summed E-state index contributed by atoms with van der Waals surface area (Å²) in [6.45, 7) is 9.42. The summed E-state index contributed by atoms with van der Waals surface area (Å²) in [6.07, 6.45) is 3.52. The number of carbonyl (C=O) groups excluding carboxylic acids is 1. The number of benzene rings is 1. The van der Waals surface area contributed by atoms with Gasteiger partial charge in [-0.25, -0.2) is 0 Å². The predicted molar refractivity (Wildman–Crippen MR) is 113 cm³/mol. The van der Waals surface area contributed by atoms with Crippen molar-refractivity contribution in [3.63, 3.8) is 0 Å². The molecule has 1 aliphatic heterocycles. The number of carbonyl (C=O) groups is 1. The van der Waals surface area contributed by atoms with Gasteiger partial charge in [-0.15, -0.1) is 0 Å². The van der Waals surface area contributed by atoms with Crippen molar-refractivity contribution in [2.45, 2.75) is 52.0 Å². The Kier molecular flexibility index (Phi) is 5.61. The third kappa shape index (κ3) is 3.89. The second-order valence-corrected chi connectivity index (χ2v) is 8.88. The Morgan fingerprint density at radius 3 is 2.89 bits per heavy atom. The number of hydrogen-bond acceptors (Lipinski definition) is 2. The van der Waals surface area contributed by atoms with Crippen molar-refractivity contribution in [2.75, 3.05) is 26.2 Å². The summed E-state index contributed by atoms with van der Waals surface area (Å²) in [5.74, 6) is 3.44. The number of nitrogens with one attached hydrogen (secondary N) is 2. The van der Waals surface area contributed by atoms with Crippen molar-refractivity contribution >= 4 is 11.9 Å². The summed E-state index contributed by atoms with van der Waals surface area (Å²) < 4.78 is 0. The van der Waals surface area contributed by atoms with E-state index in [4.69, 9.17) is 4.99 Å². The molecule has 1 saturated heterocycles. The van der Waals surface area contributed by atoms with E-state index >= 15 is 0 Å². The highest BCUT2D eigenvalue weighted by Crippen LogP contribution is 2.59. The van der Waals surface area contributed by atoms with Crippen LogP contribution in [0.3, 0.4) is 0 Å². The molecule has 0 radical (unpaired) electrons. The third-order valence-electron chi connectivity index (χ3n) is 6.63. The topological polar surface area (TPSA) is 56.7 Å². The highest BCUT2D eigenvalue weighted by Gasteiger charge is 2.52. The summed E-state index contributed by atoms with van der Waals surface area (Å²) in [7, 11) is 0. The first-order valence-electron chi connectivity index (χ1n) is 11.0. The standard InChI is InChI=1S/C23H34N4O/c1-4-24-23(26-17-11-12-27(14-17)22(28)15(2)3)25-13-20-19-10-9-16-7-5-6-8-18(16)21(19)20/h5-8,15,17,19-21H,4,9-14H2,1-3H3,(H2,24,25,26). The quantitative estimate of drug-likeness (QED) is 0.608. The number of fused-ring (bicyclic) bond motifs is 3. The summed E-state index contributed by atoms with van der Waals surface area (Å²) in [5, 5.41) is 6.96. The lowest BCUT2D eigenvalue weighted by Gasteiger charge is -2.20. The predicted octanol–water partition coefficient (Wildman–Crippen LogP) is 2.77. The molecule has 4 rings (SSSR count). The highest BCUT2D eigenvalue weighted by atomic mass is 16.2. The molecule has 1 aromatic carbocycles. The molecule has 28 heavy (non-hydrogen) atoms. The second kappa shape index (κ2) is 8.14. The van der Waals surface area contributed by atoms with Crippen LogP contribution in [0.2, 0.25) is 0 Å². The average Bonchev–Trinajstić information content (AvgIpc) is 3.23. The van der Waals surface area contributed by atoms with Crippen LogP contribution in [0.15, 0.2) is 29.3 Å². The number of aliphatic imine (C=N–C) groups is 1. The van der Waals surface area contributed by atoms with Crippen LogP contribution >= 0.6 is 0 Å². The molecule has 3 aliphatic rings. The molecule has 2 N–H and O–H groups in total. The Balaban J connectivity index is 1.34. The molecule has 2 aliphatic carbocycles. The molecule has 152 valence electrons. The van der Waals surface area contributed by atoms with Crippen molar-refractivity contribution in [1.82, 2.24) is 15.5 Å². The van der Waals surface area contributed by atoms with Gasteiger partial charge in [0.25, 0.3) is 0 Å². The number of amides is 1. The minimum Gasteiger partial charge on any atom is -0.357 e. The van der Waals surface area contributed by atoms with E-state index in [-0.39, 0.29) is 11.8 Å². The Morgan fingerprint density at radius 1 is 1.29 bits per heavy atom. The summed E-state index contributed by atoms with van der Waals surface area (Å²) in [5.41, 5.74) is 3.11. The van der Waals surface area contributed by atoms with Crippen molar-refractivity contribution in [3.8, 4) is 0 Å². The Bertz CT molecular complexity index is 744. The molecule has 4 unspecified atom stereocenters. The maximum atomic E-state index is 12.2. The Hall–Kier alpha value is -2.04. The van der Waals surface area contributed by atoms with Gasteiger partial charge in [-0.2, -0.15) is 0 Å². The van der Waals surface area contributed by atoms with Crippen LogP contribution in [-0.2, 0) is 11.2 Å². The van der Waals surface area contributed by atoms with Crippen molar-refractivity contribution in [3.05, 3.63) is 35.4 Å². The maximum Gasteiger partial charge on any atom is 0.225 e. The van der Waals surface area contributed by atoms with Gasteiger partial charge in [0.15, 0.2) is 5.96 Å². The lowest BCUT2D eigenvalue weighted by Crippen LogP contribution is -2.45. The van der Waals surface area contributed by atoms with Gasteiger partial charge in [0.05, 0.1) is 0 Å². The van der Waals surface area contributed by atoms with Gasteiger partial charge >= 0.3 is 0 Å². The summed E-state index contributed by atoms with van der Waals surface area (Å²) >= 11 is 0. The number of hydrogen-bond donors (Lipinski definition) is 2. The summed E-state index contributed by atoms with van der Waals surface area (Å²) in [4.78, 5) is 19.1. The van der Waals surface area contributed by atoms with E-state index in [0.717, 1.165) is 44.5 Å². The van der Waals surface area contributed by atoms with Crippen LogP contribution in [0.1, 0.15) is 50.7 Å². The van der Waals surface area contributed by atoms with Crippen molar-refractivity contribution in [1.29, 1.82) is 0 Å². The van der Waals surface area contributed by atoms with Crippen molar-refractivity contribution < 1.29 is 4.79 Å². The largest absolute Gasteiger partial charge is 0.357 e. The molecular formula is C23H34N4O. The number of aryl methyl sites for hydroxylation is 1. The fourth-order valence-electron chi connectivity index (χ4n) is 5.11. The minimum atomic E-state index is 0.0711. The molecule has 5 heteroatoms. The SMILES string of the molecule is CCNC(=NCC1C2CCc3ccccc3C21)NC1CCN(C(=O)C(C)C)C1. The van der Waals surface area contributed by atoms with Crippen LogP contribution < -0.4 is 10.6 Å². The molecule has 0 bridgehead atoms. The molecule has 0 spiro atoms. The number of guanidine groups is 1.